The van der Waals surface area contributed by atoms with Crippen LogP contribution in [0.5, 0.6) is 0 Å². The molecule has 3 heteroatoms. The molecule has 0 atom stereocenters. The molecule has 66 valence electrons. The largest absolute Gasteiger partial charge is 0.335 e. The van der Waals surface area contributed by atoms with E-state index in [1.807, 2.05) is 0 Å². The molecule has 0 fully saturated rings. The van der Waals surface area contributed by atoms with Crippen LogP contribution in [0, 0.1) is 6.57 Å². The highest BCUT2D eigenvalue weighted by atomic mass is 16.1. The number of anilines is 1. The predicted molar refractivity (Wildman–Crippen MR) is 51.6 cm³/mol. The van der Waals surface area contributed by atoms with E-state index in [4.69, 9.17) is 6.57 Å². The maximum absolute atomic E-state index is 11.0. The number of rotatable bonds is 2. The number of nitrogens with zero attached hydrogens (tertiary/aromatic N) is 1. The fourth-order valence-electron chi connectivity index (χ4n) is 0.915. The van der Waals surface area contributed by atoms with E-state index in [0.29, 0.717) is 17.8 Å². The lowest BCUT2D eigenvalue weighted by Crippen LogP contribution is -2.09. The molecule has 0 aromatic heterocycles. The number of carbonyl (C=O) groups is 1. The van der Waals surface area contributed by atoms with Crippen molar-refractivity contribution < 1.29 is 4.79 Å². The number of para-hydroxylation sites is 2. The second-order valence-corrected chi connectivity index (χ2v) is 2.53. The topological polar surface area (TPSA) is 33.5 Å². The first-order valence-corrected chi connectivity index (χ1v) is 4.04. The Balaban J connectivity index is 2.89. The van der Waals surface area contributed by atoms with Crippen LogP contribution in [0.4, 0.5) is 11.4 Å². The van der Waals surface area contributed by atoms with Crippen LogP contribution in [0.25, 0.3) is 4.85 Å². The number of carbonyl (C=O) groups excluding carboxylic acids is 1. The Morgan fingerprint density at radius 1 is 1.54 bits per heavy atom. The fourth-order valence-corrected chi connectivity index (χ4v) is 0.915. The molecule has 0 aliphatic carbocycles. The number of hydrogen-bond acceptors (Lipinski definition) is 1. The van der Waals surface area contributed by atoms with E-state index < -0.39 is 0 Å². The second-order valence-electron chi connectivity index (χ2n) is 2.53. The molecule has 0 aliphatic rings. The van der Waals surface area contributed by atoms with Crippen LogP contribution in [0.15, 0.2) is 24.3 Å². The number of amides is 1. The van der Waals surface area contributed by atoms with Crippen LogP contribution >= 0.6 is 0 Å². The van der Waals surface area contributed by atoms with Crippen molar-refractivity contribution in [2.75, 3.05) is 5.32 Å². The van der Waals surface area contributed by atoms with E-state index in [2.05, 4.69) is 10.2 Å². The van der Waals surface area contributed by atoms with Gasteiger partial charge in [0.2, 0.25) is 11.6 Å². The van der Waals surface area contributed by atoms with Gasteiger partial charge in [-0.05, 0) is 6.07 Å². The summed E-state index contributed by atoms with van der Waals surface area (Å²) < 4.78 is 0. The van der Waals surface area contributed by atoms with Gasteiger partial charge in [0.05, 0.1) is 6.57 Å². The van der Waals surface area contributed by atoms with Gasteiger partial charge in [0.15, 0.2) is 0 Å². The summed E-state index contributed by atoms with van der Waals surface area (Å²) in [6.07, 6.45) is 0.423. The monoisotopic (exact) mass is 174 g/mol. The first kappa shape index (κ1) is 9.27. The summed E-state index contributed by atoms with van der Waals surface area (Å²) in [6.45, 7) is 8.63. The summed E-state index contributed by atoms with van der Waals surface area (Å²) in [5.74, 6) is -0.0731. The van der Waals surface area contributed by atoms with E-state index in [-0.39, 0.29) is 5.91 Å². The van der Waals surface area contributed by atoms with Crippen LogP contribution in [0.3, 0.4) is 0 Å². The Morgan fingerprint density at radius 3 is 2.85 bits per heavy atom. The molecule has 0 saturated carbocycles. The van der Waals surface area contributed by atoms with E-state index in [9.17, 15) is 4.79 Å². The van der Waals surface area contributed by atoms with Crippen molar-refractivity contribution in [2.24, 2.45) is 0 Å². The Bertz CT molecular complexity index is 352. The third kappa shape index (κ3) is 2.31. The van der Waals surface area contributed by atoms with Gasteiger partial charge in [-0.3, -0.25) is 4.79 Å². The summed E-state index contributed by atoms with van der Waals surface area (Å²) >= 11 is 0. The summed E-state index contributed by atoms with van der Waals surface area (Å²) in [4.78, 5) is 14.3. The second kappa shape index (κ2) is 4.27. The molecule has 3 nitrogen and oxygen atoms in total. The molecule has 0 radical (unpaired) electrons. The summed E-state index contributed by atoms with van der Waals surface area (Å²) in [6, 6.07) is 6.97. The highest BCUT2D eigenvalue weighted by Gasteiger charge is 2.02. The Kier molecular flexibility index (Phi) is 3.04. The third-order valence-electron chi connectivity index (χ3n) is 1.62. The van der Waals surface area contributed by atoms with Gasteiger partial charge in [0.1, 0.15) is 0 Å². The minimum atomic E-state index is -0.0731. The van der Waals surface area contributed by atoms with Crippen molar-refractivity contribution in [1.82, 2.24) is 0 Å². The first-order valence-electron chi connectivity index (χ1n) is 4.04. The van der Waals surface area contributed by atoms with Gasteiger partial charge >= 0.3 is 0 Å². The molecule has 0 bridgehead atoms. The van der Waals surface area contributed by atoms with Crippen LogP contribution in [-0.4, -0.2) is 5.91 Å². The molecule has 0 heterocycles. The van der Waals surface area contributed by atoms with Gasteiger partial charge in [-0.25, -0.2) is 4.85 Å². The minimum Gasteiger partial charge on any atom is -0.335 e. The zero-order valence-corrected chi connectivity index (χ0v) is 7.37. The Morgan fingerprint density at radius 2 is 2.23 bits per heavy atom. The lowest BCUT2D eigenvalue weighted by Gasteiger charge is -2.04. The van der Waals surface area contributed by atoms with E-state index in [1.54, 1.807) is 31.2 Å². The molecule has 1 aromatic carbocycles. The molecule has 0 unspecified atom stereocenters. The Labute approximate surface area is 77.2 Å². The SMILES string of the molecule is [C-]#[N+]c1ccccc1NC(=O)CC. The summed E-state index contributed by atoms with van der Waals surface area (Å²) in [5.41, 5.74) is 1.06. The van der Waals surface area contributed by atoms with Crippen LogP contribution in [0.1, 0.15) is 13.3 Å². The standard InChI is InChI=1S/C10H10N2O/c1-3-10(13)12-9-7-5-4-6-8(9)11-2/h4-7H,3H2,1H3,(H,12,13). The highest BCUT2D eigenvalue weighted by Crippen LogP contribution is 2.23. The maximum atomic E-state index is 11.0. The smallest absolute Gasteiger partial charge is 0.223 e. The van der Waals surface area contributed by atoms with Gasteiger partial charge in [-0.1, -0.05) is 25.1 Å². The number of nitrogens with one attached hydrogen (secondary N) is 1. The molecule has 0 saturated heterocycles. The fraction of sp³-hybridized carbons (Fsp3) is 0.200. The van der Waals surface area contributed by atoms with Crippen molar-refractivity contribution >= 4 is 17.3 Å². The van der Waals surface area contributed by atoms with E-state index in [1.165, 1.54) is 0 Å². The zero-order chi connectivity index (χ0) is 9.68. The summed E-state index contributed by atoms with van der Waals surface area (Å²) in [5, 5.41) is 2.66. The number of benzene rings is 1. The van der Waals surface area contributed by atoms with Crippen LogP contribution in [0.2, 0.25) is 0 Å². The van der Waals surface area contributed by atoms with Crippen molar-refractivity contribution in [1.29, 1.82) is 0 Å². The Hall–Kier alpha value is -1.82. The predicted octanol–water partition coefficient (Wildman–Crippen LogP) is 2.59. The lowest BCUT2D eigenvalue weighted by molar-refractivity contribution is -0.115. The molecule has 1 rings (SSSR count). The van der Waals surface area contributed by atoms with E-state index >= 15 is 0 Å². The average Bonchev–Trinajstić information content (AvgIpc) is 2.18. The molecule has 1 N–H and O–H groups in total. The lowest BCUT2D eigenvalue weighted by atomic mass is 10.2. The molecular formula is C10H10N2O. The molecular weight excluding hydrogens is 164 g/mol. The number of hydrogen-bond donors (Lipinski definition) is 1. The molecule has 1 amide bonds. The molecule has 13 heavy (non-hydrogen) atoms. The van der Waals surface area contributed by atoms with Crippen molar-refractivity contribution in [2.45, 2.75) is 13.3 Å². The third-order valence-corrected chi connectivity index (χ3v) is 1.62. The first-order chi connectivity index (χ1) is 6.27. The maximum Gasteiger partial charge on any atom is 0.223 e. The molecule has 0 spiro atoms. The van der Waals surface area contributed by atoms with Crippen molar-refractivity contribution in [3.8, 4) is 0 Å². The van der Waals surface area contributed by atoms with Crippen molar-refractivity contribution in [3.63, 3.8) is 0 Å². The van der Waals surface area contributed by atoms with Crippen LogP contribution in [-0.2, 0) is 4.79 Å². The average molecular weight is 174 g/mol. The zero-order valence-electron chi connectivity index (χ0n) is 7.37. The van der Waals surface area contributed by atoms with Gasteiger partial charge in [-0.2, -0.15) is 0 Å². The quantitative estimate of drug-likeness (QED) is 0.687. The van der Waals surface area contributed by atoms with Gasteiger partial charge in [0, 0.05) is 12.1 Å². The van der Waals surface area contributed by atoms with Gasteiger partial charge < -0.3 is 5.32 Å². The van der Waals surface area contributed by atoms with Crippen molar-refractivity contribution in [3.05, 3.63) is 35.7 Å². The van der Waals surface area contributed by atoms with Gasteiger partial charge in [-0.15, -0.1) is 0 Å². The van der Waals surface area contributed by atoms with Crippen LogP contribution < -0.4 is 5.32 Å². The van der Waals surface area contributed by atoms with E-state index in [0.717, 1.165) is 0 Å². The van der Waals surface area contributed by atoms with Gasteiger partial charge in [0.25, 0.3) is 0 Å². The minimum absolute atomic E-state index is 0.0731. The normalized spacial score (nSPS) is 8.92. The molecule has 0 aliphatic heterocycles. The highest BCUT2D eigenvalue weighted by molar-refractivity contribution is 5.94. The molecule has 1 aromatic rings. The summed E-state index contributed by atoms with van der Waals surface area (Å²) in [7, 11) is 0.